The Kier molecular flexibility index (Phi) is 10.9. The van der Waals surface area contributed by atoms with Crippen molar-refractivity contribution in [3.05, 3.63) is 58.1 Å². The number of likely N-dealkylation sites (N-methyl/N-ethyl adjacent to an activating group) is 1. The van der Waals surface area contributed by atoms with Gasteiger partial charge < -0.3 is 13.9 Å². The second kappa shape index (κ2) is 12.6. The van der Waals surface area contributed by atoms with Crippen molar-refractivity contribution in [2.45, 2.75) is 131 Å². The fourth-order valence-corrected chi connectivity index (χ4v) is 5.50. The lowest BCUT2D eigenvalue weighted by molar-refractivity contribution is 0.230. The molecule has 2 aromatic rings. The number of nitrogens with zero attached hydrogens (tertiary/aromatic N) is 1. The molecule has 0 N–H and O–H groups in total. The van der Waals surface area contributed by atoms with Crippen molar-refractivity contribution in [3.63, 3.8) is 0 Å². The Morgan fingerprint density at radius 1 is 0.561 bits per heavy atom. The van der Waals surface area contributed by atoms with Crippen LogP contribution in [0, 0.1) is 0 Å². The Bertz CT molecular complexity index is 1130. The molecule has 0 radical (unpaired) electrons. The van der Waals surface area contributed by atoms with Crippen molar-refractivity contribution in [1.82, 2.24) is 4.90 Å². The van der Waals surface area contributed by atoms with Gasteiger partial charge in [0.15, 0.2) is 0 Å². The molecule has 2 rings (SSSR count). The summed E-state index contributed by atoms with van der Waals surface area (Å²) in [6.45, 7) is 35.1. The second-order valence-corrected chi connectivity index (χ2v) is 18.0. The third-order valence-corrected chi connectivity index (χ3v) is 8.37. The third kappa shape index (κ3) is 9.97. The summed E-state index contributed by atoms with van der Waals surface area (Å²) in [5.74, 6) is 1.71. The van der Waals surface area contributed by atoms with E-state index in [-0.39, 0.29) is 27.1 Å². The average molecular weight is 586 g/mol. The van der Waals surface area contributed by atoms with Crippen molar-refractivity contribution in [2.75, 3.05) is 27.2 Å². The van der Waals surface area contributed by atoms with Crippen molar-refractivity contribution >= 4 is 8.60 Å². The van der Waals surface area contributed by atoms with Crippen molar-refractivity contribution in [2.24, 2.45) is 0 Å². The largest absolute Gasteiger partial charge is 0.463 e. The Balaban J connectivity index is 2.74. The Morgan fingerprint density at radius 3 is 1.39 bits per heavy atom. The van der Waals surface area contributed by atoms with Crippen molar-refractivity contribution < 1.29 is 13.6 Å². The van der Waals surface area contributed by atoms with Gasteiger partial charge in [0.05, 0.1) is 6.61 Å². The Morgan fingerprint density at radius 2 is 1.00 bits per heavy atom. The summed E-state index contributed by atoms with van der Waals surface area (Å²) in [4.78, 5) is 2.12. The van der Waals surface area contributed by atoms with Crippen molar-refractivity contribution in [1.29, 1.82) is 0 Å². The highest BCUT2D eigenvalue weighted by Crippen LogP contribution is 2.51. The van der Waals surface area contributed by atoms with Crippen LogP contribution in [0.3, 0.4) is 0 Å². The zero-order valence-electron chi connectivity index (χ0n) is 29.4. The van der Waals surface area contributed by atoms with Crippen LogP contribution in [0.25, 0.3) is 0 Å². The van der Waals surface area contributed by atoms with Crippen LogP contribution in [0.1, 0.15) is 132 Å². The van der Waals surface area contributed by atoms with Gasteiger partial charge in [0.1, 0.15) is 11.5 Å². The molecule has 0 bridgehead atoms. The minimum Gasteiger partial charge on any atom is -0.417 e. The minimum atomic E-state index is -1.74. The first-order valence-electron chi connectivity index (χ1n) is 15.1. The van der Waals surface area contributed by atoms with E-state index >= 15 is 0 Å². The molecule has 0 aliphatic rings. The van der Waals surface area contributed by atoms with Crippen LogP contribution in [0.2, 0.25) is 0 Å². The average Bonchev–Trinajstić information content (AvgIpc) is 2.75. The molecule has 0 saturated heterocycles. The van der Waals surface area contributed by atoms with Gasteiger partial charge in [0, 0.05) is 23.2 Å². The number of hydrogen-bond acceptors (Lipinski definition) is 4. The van der Waals surface area contributed by atoms with E-state index in [0.717, 1.165) is 23.6 Å². The predicted molar refractivity (Wildman–Crippen MR) is 179 cm³/mol. The van der Waals surface area contributed by atoms with Gasteiger partial charge in [-0.2, -0.15) is 0 Å². The number of benzene rings is 2. The topological polar surface area (TPSA) is 30.9 Å². The van der Waals surface area contributed by atoms with E-state index < -0.39 is 8.60 Å². The molecule has 4 nitrogen and oxygen atoms in total. The molecular weight excluding hydrogens is 525 g/mol. The third-order valence-electron chi connectivity index (χ3n) is 7.30. The summed E-state index contributed by atoms with van der Waals surface area (Å²) >= 11 is 0. The van der Waals surface area contributed by atoms with Gasteiger partial charge in [-0.05, 0) is 58.4 Å². The molecular formula is C36H60NO3P. The van der Waals surface area contributed by atoms with Gasteiger partial charge in [0.2, 0.25) is 0 Å². The molecule has 0 amide bonds. The quantitative estimate of drug-likeness (QED) is 0.288. The molecule has 41 heavy (non-hydrogen) atoms. The van der Waals surface area contributed by atoms with E-state index in [1.54, 1.807) is 0 Å². The SMILES string of the molecule is CN(C)CCOP(Oc1ccc(C(C)(C)C)cc1C(C)(C)C)Oc1c(C(C)(C)C)cc(C(C)(C)C)cc1C(C)(C)C. The maximum absolute atomic E-state index is 6.95. The molecule has 0 saturated carbocycles. The summed E-state index contributed by atoms with van der Waals surface area (Å²) in [5.41, 5.74) is 5.80. The summed E-state index contributed by atoms with van der Waals surface area (Å²) in [5, 5.41) is 0. The zero-order chi connectivity index (χ0) is 31.8. The fourth-order valence-electron chi connectivity index (χ4n) is 4.46. The van der Waals surface area contributed by atoms with E-state index in [1.807, 2.05) is 0 Å². The summed E-state index contributed by atoms with van der Waals surface area (Å²) in [7, 11) is 2.37. The van der Waals surface area contributed by atoms with Gasteiger partial charge in [-0.1, -0.05) is 128 Å². The molecule has 1 atom stereocenters. The molecule has 0 spiro atoms. The molecule has 1 unspecified atom stereocenters. The second-order valence-electron chi connectivity index (χ2n) is 16.9. The fraction of sp³-hybridized carbons (Fsp3) is 0.667. The molecule has 5 heteroatoms. The highest BCUT2D eigenvalue weighted by molar-refractivity contribution is 7.42. The summed E-state index contributed by atoms with van der Waals surface area (Å²) < 4.78 is 20.1. The lowest BCUT2D eigenvalue weighted by Gasteiger charge is -2.34. The molecule has 0 aliphatic carbocycles. The minimum absolute atomic E-state index is 0.0123. The van der Waals surface area contributed by atoms with E-state index in [1.165, 1.54) is 22.3 Å². The molecule has 0 aromatic heterocycles. The van der Waals surface area contributed by atoms with E-state index in [2.05, 4.69) is 153 Å². The first-order valence-corrected chi connectivity index (χ1v) is 16.2. The van der Waals surface area contributed by atoms with Gasteiger partial charge >= 0.3 is 8.60 Å². The van der Waals surface area contributed by atoms with Crippen LogP contribution in [-0.4, -0.2) is 32.1 Å². The standard InChI is InChI=1S/C36H60NO3P/c1-32(2,3)25-18-19-30(27(22-25)34(7,8)9)39-41(38-21-20-37(16)17)40-31-28(35(10,11)12)23-26(33(4,5)6)24-29(31)36(13,14)15/h18-19,22-24H,20-21H2,1-17H3. The van der Waals surface area contributed by atoms with E-state index in [4.69, 9.17) is 13.6 Å². The maximum Gasteiger partial charge on any atom is 0.463 e. The van der Waals surface area contributed by atoms with Crippen LogP contribution in [-0.2, 0) is 31.6 Å². The zero-order valence-corrected chi connectivity index (χ0v) is 30.3. The van der Waals surface area contributed by atoms with Gasteiger partial charge in [-0.15, -0.1) is 0 Å². The molecule has 232 valence electrons. The van der Waals surface area contributed by atoms with Gasteiger partial charge in [0.25, 0.3) is 0 Å². The lowest BCUT2D eigenvalue weighted by atomic mass is 9.75. The van der Waals surface area contributed by atoms with Gasteiger partial charge in [-0.25, -0.2) is 0 Å². The van der Waals surface area contributed by atoms with Gasteiger partial charge in [-0.3, -0.25) is 4.52 Å². The maximum atomic E-state index is 6.95. The molecule has 0 heterocycles. The highest BCUT2D eigenvalue weighted by atomic mass is 31.2. The monoisotopic (exact) mass is 585 g/mol. The van der Waals surface area contributed by atoms with E-state index in [0.29, 0.717) is 6.61 Å². The first kappa shape index (κ1) is 35.6. The van der Waals surface area contributed by atoms with E-state index in [9.17, 15) is 0 Å². The molecule has 0 fully saturated rings. The smallest absolute Gasteiger partial charge is 0.417 e. The highest BCUT2D eigenvalue weighted by Gasteiger charge is 2.34. The lowest BCUT2D eigenvalue weighted by Crippen LogP contribution is -2.23. The van der Waals surface area contributed by atoms with Crippen LogP contribution in [0.4, 0.5) is 0 Å². The van der Waals surface area contributed by atoms with Crippen LogP contribution in [0.5, 0.6) is 11.5 Å². The predicted octanol–water partition coefficient (Wildman–Crippen LogP) is 10.4. The Hall–Kier alpha value is -1.61. The first-order chi connectivity index (χ1) is 18.3. The Labute approximate surface area is 254 Å². The molecule has 0 aliphatic heterocycles. The normalized spacial score (nSPS) is 14.4. The van der Waals surface area contributed by atoms with Crippen molar-refractivity contribution in [3.8, 4) is 11.5 Å². The number of hydrogen-bond donors (Lipinski definition) is 0. The van der Waals surface area contributed by atoms with Crippen LogP contribution >= 0.6 is 8.60 Å². The van der Waals surface area contributed by atoms with Crippen LogP contribution in [0.15, 0.2) is 30.3 Å². The molecule has 2 aromatic carbocycles. The number of rotatable bonds is 8. The summed E-state index contributed by atoms with van der Waals surface area (Å²) in [6, 6.07) is 11.2. The summed E-state index contributed by atoms with van der Waals surface area (Å²) in [6.07, 6.45) is 0. The van der Waals surface area contributed by atoms with Crippen LogP contribution < -0.4 is 9.05 Å².